The number of fused-ring (bicyclic) bond motifs is 1. The van der Waals surface area contributed by atoms with E-state index < -0.39 is 0 Å². The Morgan fingerprint density at radius 2 is 1.76 bits per heavy atom. The van der Waals surface area contributed by atoms with Gasteiger partial charge in [-0.25, -0.2) is 4.98 Å². The molecule has 0 atom stereocenters. The van der Waals surface area contributed by atoms with Gasteiger partial charge in [-0.15, -0.1) is 0 Å². The Kier molecular flexibility index (Phi) is 6.56. The van der Waals surface area contributed by atoms with Gasteiger partial charge in [0.05, 0.1) is 11.2 Å². The van der Waals surface area contributed by atoms with E-state index in [4.69, 9.17) is 4.98 Å². The first-order chi connectivity index (χ1) is 16.3. The van der Waals surface area contributed by atoms with E-state index in [1.54, 1.807) is 0 Å². The number of hydrogen-bond donors (Lipinski definition) is 4. The van der Waals surface area contributed by atoms with Crippen LogP contribution in [0.4, 0.5) is 11.5 Å². The molecule has 4 bridgehead atoms. The number of rotatable bonds is 10. The van der Waals surface area contributed by atoms with E-state index in [-0.39, 0.29) is 23.3 Å². The molecule has 1 amide bonds. The SMILES string of the molecule is CC(C)(CO)CNCCNc1ccc2c(NC(=O)CC34CC5CC(CC(C5)C3)C4)cccc2n1. The van der Waals surface area contributed by atoms with Crippen molar-refractivity contribution in [3.8, 4) is 0 Å². The molecule has 4 N–H and O–H groups in total. The number of carbonyl (C=O) groups is 1. The number of benzene rings is 1. The summed E-state index contributed by atoms with van der Waals surface area (Å²) in [4.78, 5) is 17.9. The predicted octanol–water partition coefficient (Wildman–Crippen LogP) is 4.80. The summed E-state index contributed by atoms with van der Waals surface area (Å²) in [5, 5.41) is 20.3. The Bertz CT molecular complexity index is 999. The maximum Gasteiger partial charge on any atom is 0.224 e. The molecule has 4 aliphatic rings. The van der Waals surface area contributed by atoms with Gasteiger partial charge in [-0.05, 0) is 86.0 Å². The molecule has 1 heterocycles. The van der Waals surface area contributed by atoms with Crippen LogP contribution in [0.15, 0.2) is 30.3 Å². The maximum atomic E-state index is 13.1. The first-order valence-electron chi connectivity index (χ1n) is 13.1. The van der Waals surface area contributed by atoms with Crippen LogP contribution in [0.3, 0.4) is 0 Å². The lowest BCUT2D eigenvalue weighted by Gasteiger charge is -2.56. The van der Waals surface area contributed by atoms with Crippen molar-refractivity contribution in [1.29, 1.82) is 0 Å². The van der Waals surface area contributed by atoms with Gasteiger partial charge in [-0.3, -0.25) is 4.79 Å². The number of nitrogens with zero attached hydrogens (tertiary/aromatic N) is 1. The van der Waals surface area contributed by atoms with Gasteiger partial charge in [0.25, 0.3) is 0 Å². The second kappa shape index (κ2) is 9.46. The topological polar surface area (TPSA) is 86.3 Å². The van der Waals surface area contributed by atoms with Crippen LogP contribution in [0.2, 0.25) is 0 Å². The first kappa shape index (κ1) is 23.6. The molecule has 0 aliphatic heterocycles. The molecule has 6 heteroatoms. The summed E-state index contributed by atoms with van der Waals surface area (Å²) >= 11 is 0. The highest BCUT2D eigenvalue weighted by Crippen LogP contribution is 2.61. The average Bonchev–Trinajstić information content (AvgIpc) is 2.77. The third kappa shape index (κ3) is 5.23. The number of aliphatic hydroxyl groups excluding tert-OH is 1. The number of pyridine rings is 1. The van der Waals surface area contributed by atoms with E-state index in [2.05, 4.69) is 16.0 Å². The van der Waals surface area contributed by atoms with Crippen LogP contribution in [0.25, 0.3) is 10.9 Å². The molecule has 1 aromatic heterocycles. The molecule has 184 valence electrons. The quantitative estimate of drug-likeness (QED) is 0.380. The summed E-state index contributed by atoms with van der Waals surface area (Å²) in [7, 11) is 0. The Morgan fingerprint density at radius 3 is 2.44 bits per heavy atom. The van der Waals surface area contributed by atoms with Crippen LogP contribution >= 0.6 is 0 Å². The van der Waals surface area contributed by atoms with Gasteiger partial charge in [0.2, 0.25) is 5.91 Å². The zero-order valence-corrected chi connectivity index (χ0v) is 20.7. The number of amides is 1. The minimum absolute atomic E-state index is 0.113. The first-order valence-corrected chi connectivity index (χ1v) is 13.1. The van der Waals surface area contributed by atoms with Crippen LogP contribution < -0.4 is 16.0 Å². The fraction of sp³-hybridized carbons (Fsp3) is 0.643. The number of nitrogens with one attached hydrogen (secondary N) is 3. The van der Waals surface area contributed by atoms with Crippen molar-refractivity contribution in [3.63, 3.8) is 0 Å². The molecule has 4 saturated carbocycles. The average molecular weight is 465 g/mol. The fourth-order valence-corrected chi connectivity index (χ4v) is 7.17. The van der Waals surface area contributed by atoms with Gasteiger partial charge >= 0.3 is 0 Å². The monoisotopic (exact) mass is 464 g/mol. The molecule has 0 unspecified atom stereocenters. The van der Waals surface area contributed by atoms with E-state index in [0.717, 1.165) is 59.8 Å². The zero-order valence-electron chi connectivity index (χ0n) is 20.7. The molecule has 2 aromatic rings. The molecular weight excluding hydrogens is 424 g/mol. The van der Waals surface area contributed by atoms with Gasteiger partial charge in [-0.2, -0.15) is 0 Å². The Labute approximate surface area is 203 Å². The van der Waals surface area contributed by atoms with Gasteiger partial charge in [0, 0.05) is 43.5 Å². The van der Waals surface area contributed by atoms with Crippen molar-refractivity contribution in [2.75, 3.05) is 36.9 Å². The zero-order chi connectivity index (χ0) is 23.8. The van der Waals surface area contributed by atoms with E-state index in [0.29, 0.717) is 6.42 Å². The third-order valence-electron chi connectivity index (χ3n) is 8.35. The molecule has 6 nitrogen and oxygen atoms in total. The lowest BCUT2D eigenvalue weighted by atomic mass is 9.49. The van der Waals surface area contributed by atoms with Crippen molar-refractivity contribution in [3.05, 3.63) is 30.3 Å². The summed E-state index contributed by atoms with van der Waals surface area (Å²) in [6, 6.07) is 9.98. The molecular formula is C28H40N4O2. The molecule has 4 aliphatic carbocycles. The van der Waals surface area contributed by atoms with Crippen LogP contribution in [0.1, 0.15) is 58.8 Å². The normalized spacial score (nSPS) is 27.8. The summed E-state index contributed by atoms with van der Waals surface area (Å²) in [6.45, 7) is 6.56. The highest BCUT2D eigenvalue weighted by atomic mass is 16.3. The van der Waals surface area contributed by atoms with Crippen molar-refractivity contribution in [2.24, 2.45) is 28.6 Å². The van der Waals surface area contributed by atoms with Crippen LogP contribution in [0.5, 0.6) is 0 Å². The van der Waals surface area contributed by atoms with Crippen LogP contribution in [0, 0.1) is 28.6 Å². The number of hydrogen-bond acceptors (Lipinski definition) is 5. The molecule has 0 spiro atoms. The smallest absolute Gasteiger partial charge is 0.224 e. The second-order valence-corrected chi connectivity index (χ2v) is 12.1. The Hall–Kier alpha value is -2.18. The standard InChI is InChI=1S/C28H40N4O2/c1-27(2,18-33)17-29-8-9-30-25-7-6-22-23(31-25)4-3-5-24(22)32-26(34)16-28-13-19-10-20(14-28)12-21(11-19)15-28/h3-7,19-21,29,33H,8-18H2,1-2H3,(H,30,31)(H,32,34). The van der Waals surface area contributed by atoms with E-state index in [9.17, 15) is 9.90 Å². The lowest BCUT2D eigenvalue weighted by molar-refractivity contribution is -0.124. The molecule has 34 heavy (non-hydrogen) atoms. The summed E-state index contributed by atoms with van der Waals surface area (Å²) < 4.78 is 0. The fourth-order valence-electron chi connectivity index (χ4n) is 7.17. The van der Waals surface area contributed by atoms with Gasteiger partial charge < -0.3 is 21.1 Å². The van der Waals surface area contributed by atoms with Crippen molar-refractivity contribution < 1.29 is 9.90 Å². The van der Waals surface area contributed by atoms with Gasteiger partial charge in [0.1, 0.15) is 5.82 Å². The molecule has 4 fully saturated rings. The number of aromatic nitrogens is 1. The van der Waals surface area contributed by atoms with Crippen molar-refractivity contribution in [2.45, 2.75) is 58.8 Å². The minimum atomic E-state index is -0.113. The Morgan fingerprint density at radius 1 is 1.06 bits per heavy atom. The summed E-state index contributed by atoms with van der Waals surface area (Å²) in [5.74, 6) is 3.58. The third-order valence-corrected chi connectivity index (χ3v) is 8.35. The second-order valence-electron chi connectivity index (χ2n) is 12.1. The van der Waals surface area contributed by atoms with Gasteiger partial charge in [0.15, 0.2) is 0 Å². The van der Waals surface area contributed by atoms with E-state index in [1.807, 2.05) is 44.2 Å². The van der Waals surface area contributed by atoms with Crippen molar-refractivity contribution in [1.82, 2.24) is 10.3 Å². The highest BCUT2D eigenvalue weighted by molar-refractivity contribution is 6.01. The Balaban J connectivity index is 1.18. The summed E-state index contributed by atoms with van der Waals surface area (Å²) in [5.41, 5.74) is 1.88. The van der Waals surface area contributed by atoms with Crippen LogP contribution in [-0.2, 0) is 4.79 Å². The number of carbonyl (C=O) groups excluding carboxylic acids is 1. The van der Waals surface area contributed by atoms with Crippen molar-refractivity contribution >= 4 is 28.3 Å². The molecule has 0 saturated heterocycles. The molecule has 6 rings (SSSR count). The van der Waals surface area contributed by atoms with Gasteiger partial charge in [-0.1, -0.05) is 19.9 Å². The maximum absolute atomic E-state index is 13.1. The molecule has 1 aromatic carbocycles. The largest absolute Gasteiger partial charge is 0.396 e. The lowest BCUT2D eigenvalue weighted by Crippen LogP contribution is -2.47. The number of aliphatic hydroxyl groups is 1. The van der Waals surface area contributed by atoms with Crippen LogP contribution in [-0.4, -0.2) is 42.2 Å². The minimum Gasteiger partial charge on any atom is -0.396 e. The highest BCUT2D eigenvalue weighted by Gasteiger charge is 2.51. The predicted molar refractivity (Wildman–Crippen MR) is 138 cm³/mol. The molecule has 0 radical (unpaired) electrons. The summed E-state index contributed by atoms with van der Waals surface area (Å²) in [6.07, 6.45) is 8.65. The van der Waals surface area contributed by atoms with E-state index >= 15 is 0 Å². The van der Waals surface area contributed by atoms with E-state index in [1.165, 1.54) is 38.5 Å². The number of anilines is 2.